The van der Waals surface area contributed by atoms with Crippen molar-refractivity contribution >= 4 is 38.3 Å². The molecule has 7 heteroatoms. The van der Waals surface area contributed by atoms with Gasteiger partial charge in [-0.15, -0.1) is 0 Å². The lowest BCUT2D eigenvalue weighted by atomic mass is 10.2. The number of hydrogen-bond acceptors (Lipinski definition) is 5. The maximum Gasteiger partial charge on any atom is 0.255 e. The highest BCUT2D eigenvalue weighted by Gasteiger charge is 2.12. The lowest BCUT2D eigenvalue weighted by molar-refractivity contribution is 0.102. The lowest BCUT2D eigenvalue weighted by Crippen LogP contribution is -2.12. The summed E-state index contributed by atoms with van der Waals surface area (Å²) >= 11 is 1.37. The Morgan fingerprint density at radius 2 is 2.29 bits per heavy atom. The molecule has 0 bridgehead atoms. The van der Waals surface area contributed by atoms with Crippen molar-refractivity contribution in [3.05, 3.63) is 35.7 Å². The molecule has 2 aromatic heterocycles. The third-order valence-electron chi connectivity index (χ3n) is 3.16. The summed E-state index contributed by atoms with van der Waals surface area (Å²) in [5.74, 6) is -0.161. The zero-order valence-electron chi connectivity index (χ0n) is 11.8. The van der Waals surface area contributed by atoms with E-state index in [1.54, 1.807) is 29.1 Å². The van der Waals surface area contributed by atoms with Gasteiger partial charge in [-0.3, -0.25) is 9.48 Å². The number of nitrogens with one attached hydrogen (secondary N) is 1. The quantitative estimate of drug-likeness (QED) is 0.778. The van der Waals surface area contributed by atoms with E-state index in [4.69, 9.17) is 5.73 Å². The van der Waals surface area contributed by atoms with Gasteiger partial charge in [-0.05, 0) is 24.6 Å². The molecule has 0 fully saturated rings. The predicted octanol–water partition coefficient (Wildman–Crippen LogP) is 2.43. The van der Waals surface area contributed by atoms with Crippen LogP contribution in [-0.2, 0) is 13.5 Å². The number of rotatable bonds is 3. The highest BCUT2D eigenvalue weighted by molar-refractivity contribution is 7.22. The van der Waals surface area contributed by atoms with Gasteiger partial charge in [-0.25, -0.2) is 4.98 Å². The normalized spacial score (nSPS) is 11.0. The Balaban J connectivity index is 1.89. The second-order valence-electron chi connectivity index (χ2n) is 4.71. The molecule has 3 aromatic rings. The van der Waals surface area contributed by atoms with Crippen LogP contribution in [0.2, 0.25) is 0 Å². The van der Waals surface area contributed by atoms with Crippen LogP contribution in [-0.4, -0.2) is 20.7 Å². The number of hydrogen-bond donors (Lipinski definition) is 2. The first-order valence-electron chi connectivity index (χ1n) is 6.56. The number of nitrogen functional groups attached to an aromatic ring is 1. The zero-order valence-corrected chi connectivity index (χ0v) is 12.6. The number of anilines is 2. The third kappa shape index (κ3) is 2.59. The molecule has 1 amide bonds. The first-order chi connectivity index (χ1) is 10.1. The van der Waals surface area contributed by atoms with Gasteiger partial charge in [0.05, 0.1) is 21.6 Å². The Hall–Kier alpha value is -2.41. The topological polar surface area (TPSA) is 85.8 Å². The summed E-state index contributed by atoms with van der Waals surface area (Å²) in [6.07, 6.45) is 2.57. The molecule has 6 nitrogen and oxygen atoms in total. The summed E-state index contributed by atoms with van der Waals surface area (Å²) in [5, 5.41) is 7.71. The van der Waals surface area contributed by atoms with Gasteiger partial charge in [0.1, 0.15) is 0 Å². The van der Waals surface area contributed by atoms with E-state index >= 15 is 0 Å². The number of thiazole rings is 1. The van der Waals surface area contributed by atoms with Gasteiger partial charge >= 0.3 is 0 Å². The first kappa shape index (κ1) is 13.6. The van der Waals surface area contributed by atoms with E-state index in [1.807, 2.05) is 14.0 Å². The predicted molar refractivity (Wildman–Crippen MR) is 84.6 cm³/mol. The minimum Gasteiger partial charge on any atom is -0.375 e. The number of carbonyl (C=O) groups excluding carboxylic acids is 1. The molecule has 0 radical (unpaired) electrons. The molecule has 108 valence electrons. The van der Waals surface area contributed by atoms with Crippen LogP contribution in [0.4, 0.5) is 10.8 Å². The number of fused-ring (bicyclic) bond motifs is 1. The van der Waals surface area contributed by atoms with Gasteiger partial charge in [0, 0.05) is 18.8 Å². The third-order valence-corrected chi connectivity index (χ3v) is 4.00. The monoisotopic (exact) mass is 301 g/mol. The van der Waals surface area contributed by atoms with Crippen LogP contribution in [0.5, 0.6) is 0 Å². The summed E-state index contributed by atoms with van der Waals surface area (Å²) in [6, 6.07) is 5.36. The van der Waals surface area contributed by atoms with Crippen LogP contribution in [0.3, 0.4) is 0 Å². The molecule has 0 aliphatic heterocycles. The van der Waals surface area contributed by atoms with Crippen molar-refractivity contribution in [3.8, 4) is 0 Å². The fourth-order valence-electron chi connectivity index (χ4n) is 2.18. The molecule has 0 aliphatic rings. The van der Waals surface area contributed by atoms with Crippen molar-refractivity contribution in [2.24, 2.45) is 7.05 Å². The molecule has 0 unspecified atom stereocenters. The molecule has 0 aliphatic carbocycles. The standard InChI is InChI=1S/C14H15N5OS/c1-3-9-11(7-19(2)18-9)16-13(20)8-4-5-10-12(6-8)21-14(15)17-10/h4-7H,3H2,1-2H3,(H2,15,17)(H,16,20). The Kier molecular flexibility index (Phi) is 3.34. The number of amides is 1. The number of nitrogens with zero attached hydrogens (tertiary/aromatic N) is 3. The molecule has 3 N–H and O–H groups in total. The fourth-order valence-corrected chi connectivity index (χ4v) is 2.95. The highest BCUT2D eigenvalue weighted by atomic mass is 32.1. The Labute approximate surface area is 125 Å². The number of aryl methyl sites for hydroxylation is 2. The van der Waals surface area contributed by atoms with E-state index in [0.29, 0.717) is 10.7 Å². The molecule has 1 aromatic carbocycles. The first-order valence-corrected chi connectivity index (χ1v) is 7.38. The highest BCUT2D eigenvalue weighted by Crippen LogP contribution is 2.25. The summed E-state index contributed by atoms with van der Waals surface area (Å²) < 4.78 is 2.60. The molecule has 3 rings (SSSR count). The van der Waals surface area contributed by atoms with Crippen LogP contribution in [0.15, 0.2) is 24.4 Å². The van der Waals surface area contributed by atoms with Crippen molar-refractivity contribution in [2.45, 2.75) is 13.3 Å². The van der Waals surface area contributed by atoms with Gasteiger partial charge in [0.25, 0.3) is 5.91 Å². The molecule has 0 saturated heterocycles. The molecule has 0 saturated carbocycles. The average Bonchev–Trinajstić information content (AvgIpc) is 2.99. The minimum atomic E-state index is -0.161. The van der Waals surface area contributed by atoms with Gasteiger partial charge in [-0.2, -0.15) is 5.10 Å². The van der Waals surface area contributed by atoms with Gasteiger partial charge in [0.2, 0.25) is 0 Å². The second-order valence-corrected chi connectivity index (χ2v) is 5.77. The van der Waals surface area contributed by atoms with E-state index in [-0.39, 0.29) is 5.91 Å². The van der Waals surface area contributed by atoms with Crippen molar-refractivity contribution in [2.75, 3.05) is 11.1 Å². The molecule has 21 heavy (non-hydrogen) atoms. The van der Waals surface area contributed by atoms with E-state index in [9.17, 15) is 4.79 Å². The van der Waals surface area contributed by atoms with Crippen molar-refractivity contribution in [1.82, 2.24) is 14.8 Å². The average molecular weight is 301 g/mol. The summed E-state index contributed by atoms with van der Waals surface area (Å²) in [5.41, 5.74) is 8.68. The lowest BCUT2D eigenvalue weighted by Gasteiger charge is -2.04. The summed E-state index contributed by atoms with van der Waals surface area (Å²) in [7, 11) is 1.83. The van der Waals surface area contributed by atoms with Crippen LogP contribution >= 0.6 is 11.3 Å². The van der Waals surface area contributed by atoms with E-state index < -0.39 is 0 Å². The Bertz CT molecular complexity index is 820. The van der Waals surface area contributed by atoms with Crippen molar-refractivity contribution in [3.63, 3.8) is 0 Å². The Morgan fingerprint density at radius 1 is 1.48 bits per heavy atom. The fraction of sp³-hybridized carbons (Fsp3) is 0.214. The summed E-state index contributed by atoms with van der Waals surface area (Å²) in [6.45, 7) is 2.00. The van der Waals surface area contributed by atoms with Crippen LogP contribution in [0.25, 0.3) is 10.2 Å². The summed E-state index contributed by atoms with van der Waals surface area (Å²) in [4.78, 5) is 16.5. The minimum absolute atomic E-state index is 0.161. The number of aromatic nitrogens is 3. The zero-order chi connectivity index (χ0) is 15.0. The number of nitrogens with two attached hydrogens (primary N) is 1. The maximum absolute atomic E-state index is 12.3. The van der Waals surface area contributed by atoms with Gasteiger partial charge in [-0.1, -0.05) is 18.3 Å². The number of benzene rings is 1. The van der Waals surface area contributed by atoms with Gasteiger partial charge in [0.15, 0.2) is 5.13 Å². The molecular formula is C14H15N5OS. The Morgan fingerprint density at radius 3 is 3.05 bits per heavy atom. The molecule has 0 atom stereocenters. The van der Waals surface area contributed by atoms with E-state index in [0.717, 1.165) is 28.0 Å². The SMILES string of the molecule is CCc1nn(C)cc1NC(=O)c1ccc2nc(N)sc2c1. The smallest absolute Gasteiger partial charge is 0.255 e. The van der Waals surface area contributed by atoms with E-state index in [2.05, 4.69) is 15.4 Å². The largest absolute Gasteiger partial charge is 0.375 e. The maximum atomic E-state index is 12.3. The van der Waals surface area contributed by atoms with Gasteiger partial charge < -0.3 is 11.1 Å². The van der Waals surface area contributed by atoms with Crippen LogP contribution in [0.1, 0.15) is 23.0 Å². The van der Waals surface area contributed by atoms with E-state index in [1.165, 1.54) is 11.3 Å². The van der Waals surface area contributed by atoms with Crippen LogP contribution < -0.4 is 11.1 Å². The van der Waals surface area contributed by atoms with Crippen molar-refractivity contribution < 1.29 is 4.79 Å². The second kappa shape index (κ2) is 5.17. The molecule has 2 heterocycles. The molecule has 0 spiro atoms. The van der Waals surface area contributed by atoms with Crippen molar-refractivity contribution in [1.29, 1.82) is 0 Å². The number of carbonyl (C=O) groups is 1. The molecular weight excluding hydrogens is 286 g/mol. The van der Waals surface area contributed by atoms with Crippen LogP contribution in [0, 0.1) is 0 Å².